The zero-order valence-electron chi connectivity index (χ0n) is 21.4. The molecule has 19 nitrogen and oxygen atoms in total. The predicted octanol–water partition coefficient (Wildman–Crippen LogP) is -2.91. The second-order valence-electron chi connectivity index (χ2n) is 10.1. The molecule has 0 spiro atoms. The van der Waals surface area contributed by atoms with Gasteiger partial charge in [-0.05, 0) is 11.8 Å². The highest BCUT2D eigenvalue weighted by atomic mass is 32.5. The van der Waals surface area contributed by atoms with Crippen molar-refractivity contribution >= 4 is 76.3 Å². The third kappa shape index (κ3) is 4.43. The van der Waals surface area contributed by atoms with Crippen molar-refractivity contribution in [2.24, 2.45) is 0 Å². The fourth-order valence-electron chi connectivity index (χ4n) is 5.45. The molecule has 1 saturated carbocycles. The molecule has 230 valence electrons. The van der Waals surface area contributed by atoms with E-state index in [-0.39, 0.29) is 34.2 Å². The molecule has 11 N–H and O–H groups in total. The summed E-state index contributed by atoms with van der Waals surface area (Å²) in [7, 11) is 0. The van der Waals surface area contributed by atoms with Gasteiger partial charge in [0.2, 0.25) is 11.9 Å². The Morgan fingerprint density at radius 1 is 1.00 bits per heavy atom. The van der Waals surface area contributed by atoms with Crippen LogP contribution in [0.1, 0.15) is 10.7 Å². The Hall–Kier alpha value is -2.63. The number of hydrogen-bond acceptors (Lipinski definition) is 17. The van der Waals surface area contributed by atoms with Gasteiger partial charge >= 0.3 is 6.72 Å². The van der Waals surface area contributed by atoms with Gasteiger partial charge in [0, 0.05) is 0 Å². The molecule has 4 aromatic rings. The van der Waals surface area contributed by atoms with E-state index in [1.165, 1.54) is 21.8 Å². The SMILES string of the molecule is Nc1nc2c(ncn2[C@@H]2S[C@H](CO)[C@@H](O)[C@H]2OP(O)(=S)OC2[C@H]3S[C@@H](n4cnc5c(=O)[nH]c(N)nc54)[C@H](O)[C@@]23O)c(=O)[nH]1. The van der Waals surface area contributed by atoms with E-state index in [2.05, 4.69) is 29.9 Å². The number of rotatable bonds is 7. The quantitative estimate of drug-likeness (QED) is 0.0888. The molecule has 3 aliphatic rings. The standard InChI is InChI=1S/C20H23N10O9PS3/c21-18-25-12-5(14(34)27-18)23-2-29(12)16-8(7(32)4(1-31)42-16)38-40(37,41)39-10-11-20(10,36)9(33)17(43-11)30-3-24-6-13(30)26-19(22)28-15(6)35/h2-4,7-11,16-17,31-33,36H,1H2,(H,37,41)(H3,21,25,27,34)(H3,22,26,28,35)/t4-,7-,8-,9+,10?,11-,16-,17-,20-,40?/m1/s1. The van der Waals surface area contributed by atoms with Crippen LogP contribution in [0, 0.1) is 0 Å². The van der Waals surface area contributed by atoms with E-state index in [1.54, 1.807) is 0 Å². The summed E-state index contributed by atoms with van der Waals surface area (Å²) >= 11 is 7.42. The van der Waals surface area contributed by atoms with Crippen LogP contribution in [0.2, 0.25) is 0 Å². The van der Waals surface area contributed by atoms with Crippen LogP contribution >= 0.6 is 30.2 Å². The van der Waals surface area contributed by atoms with E-state index in [9.17, 15) is 34.9 Å². The lowest BCUT2D eigenvalue weighted by atomic mass is 10.1. The van der Waals surface area contributed by atoms with Crippen LogP contribution in [0.4, 0.5) is 11.9 Å². The molecule has 2 unspecified atom stereocenters. The highest BCUT2D eigenvalue weighted by Gasteiger charge is 2.78. The van der Waals surface area contributed by atoms with Crippen LogP contribution in [0.5, 0.6) is 0 Å². The van der Waals surface area contributed by atoms with Gasteiger partial charge < -0.3 is 41.3 Å². The number of nitrogens with one attached hydrogen (secondary N) is 2. The van der Waals surface area contributed by atoms with Gasteiger partial charge in [0.25, 0.3) is 11.1 Å². The van der Waals surface area contributed by atoms with Crippen LogP contribution in [-0.2, 0) is 20.9 Å². The number of nitrogen functional groups attached to an aromatic ring is 2. The van der Waals surface area contributed by atoms with Gasteiger partial charge in [-0.3, -0.25) is 33.2 Å². The minimum Gasteiger partial charge on any atom is -0.395 e. The monoisotopic (exact) mass is 674 g/mol. The van der Waals surface area contributed by atoms with E-state index in [1.807, 2.05) is 0 Å². The number of anilines is 2. The Kier molecular flexibility index (Phi) is 6.73. The molecule has 10 atom stereocenters. The number of H-pyrrole nitrogens is 2. The number of aromatic nitrogens is 8. The van der Waals surface area contributed by atoms with E-state index in [4.69, 9.17) is 32.3 Å². The summed E-state index contributed by atoms with van der Waals surface area (Å²) in [5.74, 6) is -0.323. The van der Waals surface area contributed by atoms with E-state index in [0.717, 1.165) is 23.5 Å². The third-order valence-corrected chi connectivity index (χ3v) is 12.3. The van der Waals surface area contributed by atoms with E-state index in [0.29, 0.717) is 0 Å². The Morgan fingerprint density at radius 3 is 2.07 bits per heavy atom. The second-order valence-corrected chi connectivity index (χ2v) is 15.5. The Labute approximate surface area is 251 Å². The van der Waals surface area contributed by atoms with Gasteiger partial charge in [-0.1, -0.05) is 0 Å². The van der Waals surface area contributed by atoms with Gasteiger partial charge in [-0.15, -0.1) is 23.5 Å². The topological polar surface area (TPSA) is 299 Å². The summed E-state index contributed by atoms with van der Waals surface area (Å²) in [6.45, 7) is -4.68. The fraction of sp³-hybridized carbons (Fsp3) is 0.500. The van der Waals surface area contributed by atoms with Crippen molar-refractivity contribution in [3.63, 3.8) is 0 Å². The maximum Gasteiger partial charge on any atom is 0.325 e. The molecule has 4 aromatic heterocycles. The minimum absolute atomic E-state index is 0.00137. The molecular weight excluding hydrogens is 651 g/mol. The number of hydrogen-bond donors (Lipinski definition) is 9. The summed E-state index contributed by atoms with van der Waals surface area (Å²) in [5, 5.41) is 39.9. The third-order valence-electron chi connectivity index (χ3n) is 7.55. The first-order valence-corrected chi connectivity index (χ1v) is 17.0. The number of fused-ring (bicyclic) bond motifs is 3. The average Bonchev–Trinajstić information content (AvgIpc) is 3.44. The number of aromatic amines is 2. The molecule has 2 saturated heterocycles. The van der Waals surface area contributed by atoms with Crippen LogP contribution in [0.3, 0.4) is 0 Å². The first kappa shape index (κ1) is 29.1. The zero-order valence-corrected chi connectivity index (χ0v) is 24.7. The minimum atomic E-state index is -4.23. The van der Waals surface area contributed by atoms with E-state index < -0.39 is 75.7 Å². The first-order chi connectivity index (χ1) is 20.3. The summed E-state index contributed by atoms with van der Waals surface area (Å²) < 4.78 is 14.3. The molecule has 23 heteroatoms. The van der Waals surface area contributed by atoms with Crippen LogP contribution in [-0.4, -0.2) is 111 Å². The van der Waals surface area contributed by atoms with Crippen molar-refractivity contribution in [2.45, 2.75) is 51.3 Å². The number of nitrogens with two attached hydrogens (primary N) is 2. The van der Waals surface area contributed by atoms with Gasteiger partial charge in [0.05, 0.1) is 35.9 Å². The van der Waals surface area contributed by atoms with Crippen LogP contribution < -0.4 is 22.6 Å². The van der Waals surface area contributed by atoms with Crippen molar-refractivity contribution < 1.29 is 34.4 Å². The summed E-state index contributed by atoms with van der Waals surface area (Å²) in [4.78, 5) is 56.5. The first-order valence-electron chi connectivity index (χ1n) is 12.5. The molecule has 6 heterocycles. The van der Waals surface area contributed by atoms with Crippen molar-refractivity contribution in [1.82, 2.24) is 39.0 Å². The van der Waals surface area contributed by atoms with Crippen molar-refractivity contribution in [3.8, 4) is 0 Å². The molecular formula is C20H23N10O9PS3. The largest absolute Gasteiger partial charge is 0.395 e. The van der Waals surface area contributed by atoms with Crippen LogP contribution in [0.15, 0.2) is 22.2 Å². The Morgan fingerprint density at radius 2 is 1.56 bits per heavy atom. The number of aliphatic hydroxyl groups excluding tert-OH is 3. The average molecular weight is 675 g/mol. The normalized spacial score (nSPS) is 35.0. The lowest BCUT2D eigenvalue weighted by Crippen LogP contribution is -2.37. The molecule has 43 heavy (non-hydrogen) atoms. The number of aliphatic hydroxyl groups is 4. The summed E-state index contributed by atoms with van der Waals surface area (Å²) in [6.07, 6.45) is -2.66. The smallest absolute Gasteiger partial charge is 0.325 e. The lowest BCUT2D eigenvalue weighted by molar-refractivity contribution is -0.0358. The molecule has 2 aliphatic heterocycles. The molecule has 0 radical (unpaired) electrons. The Balaban J connectivity index is 1.11. The molecule has 3 fully saturated rings. The predicted molar refractivity (Wildman–Crippen MR) is 156 cm³/mol. The van der Waals surface area contributed by atoms with Gasteiger partial charge in [0.1, 0.15) is 34.7 Å². The molecule has 0 aromatic carbocycles. The fourth-order valence-corrected chi connectivity index (χ4v) is 10.6. The maximum absolute atomic E-state index is 12.3. The molecule has 7 rings (SSSR count). The van der Waals surface area contributed by atoms with Gasteiger partial charge in [-0.25, -0.2) is 9.97 Å². The summed E-state index contributed by atoms with van der Waals surface area (Å²) in [6, 6.07) is 0. The Bertz CT molecular complexity index is 1940. The van der Waals surface area contributed by atoms with Crippen molar-refractivity contribution in [1.29, 1.82) is 0 Å². The molecule has 1 aliphatic carbocycles. The highest BCUT2D eigenvalue weighted by Crippen LogP contribution is 2.67. The number of thioether (sulfide) groups is 2. The van der Waals surface area contributed by atoms with E-state index >= 15 is 0 Å². The maximum atomic E-state index is 12.3. The van der Waals surface area contributed by atoms with Crippen molar-refractivity contribution in [2.75, 3.05) is 18.1 Å². The van der Waals surface area contributed by atoms with Crippen molar-refractivity contribution in [3.05, 3.63) is 33.4 Å². The lowest BCUT2D eigenvalue weighted by Gasteiger charge is -2.29. The second kappa shape index (κ2) is 9.94. The zero-order chi connectivity index (χ0) is 30.6. The summed E-state index contributed by atoms with van der Waals surface area (Å²) in [5.41, 5.74) is 8.50. The highest BCUT2D eigenvalue weighted by molar-refractivity contribution is 8.07. The number of nitrogens with zero attached hydrogens (tertiary/aromatic N) is 6. The van der Waals surface area contributed by atoms with Crippen LogP contribution in [0.25, 0.3) is 22.3 Å². The molecule has 0 amide bonds. The molecule has 0 bridgehead atoms. The van der Waals surface area contributed by atoms with Gasteiger partial charge in [-0.2, -0.15) is 9.97 Å². The number of imidazole rings is 2. The van der Waals surface area contributed by atoms with Gasteiger partial charge in [0.15, 0.2) is 22.3 Å².